The van der Waals surface area contributed by atoms with Gasteiger partial charge >= 0.3 is 0 Å². The highest BCUT2D eigenvalue weighted by Crippen LogP contribution is 2.22. The Morgan fingerprint density at radius 1 is 1.90 bits per heavy atom. The fourth-order valence-corrected chi connectivity index (χ4v) is 0.889. The fourth-order valence-electron chi connectivity index (χ4n) is 0.642. The van der Waals surface area contributed by atoms with Crippen LogP contribution >= 0.6 is 11.6 Å². The van der Waals surface area contributed by atoms with Crippen molar-refractivity contribution < 1.29 is 0 Å². The average molecular weight is 160 g/mol. The van der Waals surface area contributed by atoms with Crippen molar-refractivity contribution in [1.82, 2.24) is 9.78 Å². The van der Waals surface area contributed by atoms with E-state index in [0.29, 0.717) is 11.7 Å². The monoisotopic (exact) mass is 159 g/mol. The largest absolute Gasteiger partial charge is 0.252 e. The van der Waals surface area contributed by atoms with Crippen LogP contribution in [0.25, 0.3) is 0 Å². The summed E-state index contributed by atoms with van der Waals surface area (Å²) >= 11 is 5.63. The van der Waals surface area contributed by atoms with Gasteiger partial charge in [-0.1, -0.05) is 11.6 Å². The Morgan fingerprint density at radius 3 is 2.90 bits per heavy atom. The van der Waals surface area contributed by atoms with Crippen molar-refractivity contribution in [2.45, 2.75) is 13.5 Å². The Labute approximate surface area is 62.8 Å². The van der Waals surface area contributed by atoms with Crippen molar-refractivity contribution in [2.75, 3.05) is 0 Å². The van der Waals surface area contributed by atoms with E-state index in [1.165, 1.54) is 10.9 Å². The molecule has 1 aromatic heterocycles. The van der Waals surface area contributed by atoms with Gasteiger partial charge in [-0.3, -0.25) is 4.68 Å². The molecule has 1 heterocycles. The van der Waals surface area contributed by atoms with E-state index in [4.69, 9.17) is 11.6 Å². The van der Waals surface area contributed by atoms with Gasteiger partial charge in [0, 0.05) is 6.54 Å². The number of nitrogens with zero attached hydrogens (tertiary/aromatic N) is 3. The Morgan fingerprint density at radius 2 is 2.60 bits per heavy atom. The lowest BCUT2D eigenvalue weighted by molar-refractivity contribution is 0.661. The van der Waals surface area contributed by atoms with Gasteiger partial charge in [-0.05, 0) is 12.1 Å². The molecule has 0 bridgehead atoms. The molecule has 4 nitrogen and oxygen atoms in total. The minimum atomic E-state index is 0.198. The first kappa shape index (κ1) is 7.21. The molecule has 0 aliphatic rings. The Bertz CT molecular complexity index is 245. The molecule has 0 saturated heterocycles. The Hall–Kier alpha value is -0.900. The van der Waals surface area contributed by atoms with Gasteiger partial charge in [0.05, 0.1) is 6.20 Å². The zero-order valence-corrected chi connectivity index (χ0v) is 6.17. The van der Waals surface area contributed by atoms with Crippen LogP contribution in [0.4, 0.5) is 5.69 Å². The molecule has 1 rings (SSSR count). The zero-order valence-electron chi connectivity index (χ0n) is 5.41. The molecule has 5 heteroatoms. The van der Waals surface area contributed by atoms with E-state index < -0.39 is 0 Å². The van der Waals surface area contributed by atoms with Gasteiger partial charge in [0.2, 0.25) is 0 Å². The lowest BCUT2D eigenvalue weighted by Crippen LogP contribution is -1.94. The Kier molecular flexibility index (Phi) is 2.01. The lowest BCUT2D eigenvalue weighted by Gasteiger charge is -1.93. The molecule has 1 aromatic rings. The second kappa shape index (κ2) is 2.79. The van der Waals surface area contributed by atoms with Gasteiger partial charge < -0.3 is 0 Å². The third kappa shape index (κ3) is 1.02. The molecule has 0 N–H and O–H groups in total. The molecule has 0 fully saturated rings. The summed E-state index contributed by atoms with van der Waals surface area (Å²) in [5, 5.41) is 6.77. The highest BCUT2D eigenvalue weighted by molar-refractivity contribution is 6.31. The zero-order chi connectivity index (χ0) is 7.56. The standard InChI is InChI=1S/C5H6ClN3O/c1-2-9-5(6)4(8-10)3-7-9/h3H,2H2,1H3. The molecule has 0 spiro atoms. The van der Waals surface area contributed by atoms with E-state index in [1.54, 1.807) is 0 Å². The predicted molar refractivity (Wildman–Crippen MR) is 38.4 cm³/mol. The van der Waals surface area contributed by atoms with Crippen LogP contribution in [0.15, 0.2) is 11.4 Å². The maximum atomic E-state index is 9.97. The van der Waals surface area contributed by atoms with Crippen molar-refractivity contribution in [1.29, 1.82) is 0 Å². The van der Waals surface area contributed by atoms with E-state index in [-0.39, 0.29) is 5.69 Å². The molecule has 10 heavy (non-hydrogen) atoms. The van der Waals surface area contributed by atoms with Crippen molar-refractivity contribution in [3.63, 3.8) is 0 Å². The average Bonchev–Trinajstić information content (AvgIpc) is 2.30. The lowest BCUT2D eigenvalue weighted by atomic mass is 10.6. The van der Waals surface area contributed by atoms with Crippen LogP contribution in [0.3, 0.4) is 0 Å². The molecule has 0 atom stereocenters. The summed E-state index contributed by atoms with van der Waals surface area (Å²) < 4.78 is 1.50. The third-order valence-corrected chi connectivity index (χ3v) is 1.54. The summed E-state index contributed by atoms with van der Waals surface area (Å²) in [6.07, 6.45) is 1.35. The molecular formula is C5H6ClN3O. The van der Waals surface area contributed by atoms with Gasteiger partial charge in [-0.25, -0.2) is 0 Å². The minimum Gasteiger partial charge on any atom is -0.252 e. The van der Waals surface area contributed by atoms with Crippen molar-refractivity contribution >= 4 is 17.3 Å². The first-order valence-electron chi connectivity index (χ1n) is 2.84. The summed E-state index contributed by atoms with van der Waals surface area (Å²) in [6, 6.07) is 0. The Balaban J connectivity index is 3.08. The quantitative estimate of drug-likeness (QED) is 0.620. The molecule has 54 valence electrons. The molecule has 0 aliphatic heterocycles. The van der Waals surface area contributed by atoms with Crippen LogP contribution in [0.2, 0.25) is 5.15 Å². The van der Waals surface area contributed by atoms with Crippen molar-refractivity contribution in [3.05, 3.63) is 16.3 Å². The molecule has 0 unspecified atom stereocenters. The maximum Gasteiger partial charge on any atom is 0.164 e. The SMILES string of the molecule is CCn1ncc(N=O)c1Cl. The summed E-state index contributed by atoms with van der Waals surface area (Å²) in [4.78, 5) is 9.97. The van der Waals surface area contributed by atoms with Gasteiger partial charge in [0.15, 0.2) is 10.8 Å². The maximum absolute atomic E-state index is 9.97. The highest BCUT2D eigenvalue weighted by atomic mass is 35.5. The number of hydrogen-bond acceptors (Lipinski definition) is 3. The van der Waals surface area contributed by atoms with Crippen LogP contribution < -0.4 is 0 Å². The van der Waals surface area contributed by atoms with Gasteiger partial charge in [0.25, 0.3) is 0 Å². The number of halogens is 1. The number of nitroso groups, excluding NO2 is 1. The summed E-state index contributed by atoms with van der Waals surface area (Å²) in [5.41, 5.74) is 0.198. The number of hydrogen-bond donors (Lipinski definition) is 0. The summed E-state index contributed by atoms with van der Waals surface area (Å²) in [6.45, 7) is 2.53. The molecule has 0 amide bonds. The highest BCUT2D eigenvalue weighted by Gasteiger charge is 2.05. The van der Waals surface area contributed by atoms with E-state index in [9.17, 15) is 4.91 Å². The van der Waals surface area contributed by atoms with Crippen LogP contribution in [-0.4, -0.2) is 9.78 Å². The van der Waals surface area contributed by atoms with E-state index in [2.05, 4.69) is 10.3 Å². The van der Waals surface area contributed by atoms with E-state index in [0.717, 1.165) is 0 Å². The topological polar surface area (TPSA) is 47.2 Å². The smallest absolute Gasteiger partial charge is 0.164 e. The minimum absolute atomic E-state index is 0.198. The second-order valence-electron chi connectivity index (χ2n) is 1.73. The molecular weight excluding hydrogens is 154 g/mol. The summed E-state index contributed by atoms with van der Waals surface area (Å²) in [5.74, 6) is 0. The second-order valence-corrected chi connectivity index (χ2v) is 2.09. The first-order chi connectivity index (χ1) is 4.79. The van der Waals surface area contributed by atoms with Gasteiger partial charge in [0.1, 0.15) is 0 Å². The molecule has 0 radical (unpaired) electrons. The van der Waals surface area contributed by atoms with Gasteiger partial charge in [-0.2, -0.15) is 5.10 Å². The number of rotatable bonds is 2. The first-order valence-corrected chi connectivity index (χ1v) is 3.22. The number of aromatic nitrogens is 2. The fraction of sp³-hybridized carbons (Fsp3) is 0.400. The van der Waals surface area contributed by atoms with Crippen LogP contribution in [0.1, 0.15) is 6.92 Å². The van der Waals surface area contributed by atoms with Crippen molar-refractivity contribution in [2.24, 2.45) is 5.18 Å². The van der Waals surface area contributed by atoms with E-state index in [1.807, 2.05) is 6.92 Å². The van der Waals surface area contributed by atoms with Crippen LogP contribution in [-0.2, 0) is 6.54 Å². The van der Waals surface area contributed by atoms with Crippen molar-refractivity contribution in [3.8, 4) is 0 Å². The molecule has 0 aromatic carbocycles. The van der Waals surface area contributed by atoms with E-state index >= 15 is 0 Å². The van der Waals surface area contributed by atoms with Crippen LogP contribution in [0, 0.1) is 4.91 Å². The van der Waals surface area contributed by atoms with Gasteiger partial charge in [-0.15, -0.1) is 4.91 Å². The van der Waals surface area contributed by atoms with Crippen LogP contribution in [0.5, 0.6) is 0 Å². The third-order valence-electron chi connectivity index (χ3n) is 1.16. The normalized spacial score (nSPS) is 9.80. The molecule has 0 aliphatic carbocycles. The summed E-state index contributed by atoms with van der Waals surface area (Å²) in [7, 11) is 0. The number of aryl methyl sites for hydroxylation is 1. The predicted octanol–water partition coefficient (Wildman–Crippen LogP) is 1.95. The molecule has 0 saturated carbocycles.